The van der Waals surface area contributed by atoms with Gasteiger partial charge in [-0.3, -0.25) is 9.59 Å². The Balaban J connectivity index is 1.86. The van der Waals surface area contributed by atoms with Crippen molar-refractivity contribution in [3.8, 4) is 0 Å². The quantitative estimate of drug-likeness (QED) is 0.878. The van der Waals surface area contributed by atoms with E-state index >= 15 is 0 Å². The molecule has 0 unspecified atom stereocenters. The smallest absolute Gasteiger partial charge is 0.323 e. The van der Waals surface area contributed by atoms with Gasteiger partial charge in [0.1, 0.15) is 6.54 Å². The first kappa shape index (κ1) is 13.8. The van der Waals surface area contributed by atoms with Crippen LogP contribution in [0.25, 0.3) is 10.2 Å². The van der Waals surface area contributed by atoms with E-state index in [0.717, 1.165) is 23.1 Å². The van der Waals surface area contributed by atoms with E-state index in [1.807, 2.05) is 0 Å². The van der Waals surface area contributed by atoms with E-state index in [-0.39, 0.29) is 12.5 Å². The highest BCUT2D eigenvalue weighted by Crippen LogP contribution is 2.30. The Labute approximate surface area is 125 Å². The second-order valence-electron chi connectivity index (χ2n) is 5.26. The topological polar surface area (TPSA) is 96.5 Å². The van der Waals surface area contributed by atoms with E-state index in [1.54, 1.807) is 18.2 Å². The summed E-state index contributed by atoms with van der Waals surface area (Å²) in [6.45, 7) is 0.242. The first-order chi connectivity index (χ1) is 10.0. The number of rotatable bonds is 5. The molecule has 1 aliphatic rings. The number of carbonyl (C=O) groups is 2. The maximum absolute atomic E-state index is 12.5. The molecule has 1 fully saturated rings. The first-order valence-electron chi connectivity index (χ1n) is 6.70. The third kappa shape index (κ3) is 3.13. The molecule has 0 bridgehead atoms. The Morgan fingerprint density at radius 3 is 2.86 bits per heavy atom. The van der Waals surface area contributed by atoms with E-state index in [1.165, 1.54) is 16.2 Å². The molecule has 0 saturated heterocycles. The van der Waals surface area contributed by atoms with Crippen molar-refractivity contribution in [2.45, 2.75) is 12.8 Å². The molecule has 1 aromatic heterocycles. The van der Waals surface area contributed by atoms with Crippen LogP contribution < -0.4 is 5.73 Å². The van der Waals surface area contributed by atoms with Gasteiger partial charge in [-0.25, -0.2) is 4.98 Å². The van der Waals surface area contributed by atoms with Gasteiger partial charge in [0, 0.05) is 12.1 Å². The molecule has 0 spiro atoms. The van der Waals surface area contributed by atoms with E-state index < -0.39 is 5.97 Å². The number of aromatic nitrogens is 1. The van der Waals surface area contributed by atoms with Crippen molar-refractivity contribution >= 4 is 38.6 Å². The zero-order chi connectivity index (χ0) is 15.0. The predicted octanol–water partition coefficient (Wildman–Crippen LogP) is 1.82. The summed E-state index contributed by atoms with van der Waals surface area (Å²) in [7, 11) is 0. The number of nitrogen functional groups attached to an aromatic ring is 1. The number of benzene rings is 1. The molecule has 7 heteroatoms. The van der Waals surface area contributed by atoms with Crippen molar-refractivity contribution in [3.05, 3.63) is 23.8 Å². The van der Waals surface area contributed by atoms with Gasteiger partial charge in [-0.15, -0.1) is 0 Å². The van der Waals surface area contributed by atoms with Gasteiger partial charge in [-0.1, -0.05) is 11.3 Å². The van der Waals surface area contributed by atoms with Crippen LogP contribution in [0.15, 0.2) is 18.2 Å². The molecular weight excluding hydrogens is 290 g/mol. The van der Waals surface area contributed by atoms with E-state index in [4.69, 9.17) is 10.8 Å². The summed E-state index contributed by atoms with van der Waals surface area (Å²) in [5.41, 5.74) is 6.88. The molecule has 3 N–H and O–H groups in total. The number of carboxylic acid groups (broad SMARTS) is 1. The van der Waals surface area contributed by atoms with E-state index in [9.17, 15) is 9.59 Å². The predicted molar refractivity (Wildman–Crippen MR) is 80.3 cm³/mol. The molecule has 0 atom stereocenters. The molecule has 3 rings (SSSR count). The van der Waals surface area contributed by atoms with Gasteiger partial charge in [0.15, 0.2) is 5.13 Å². The van der Waals surface area contributed by atoms with E-state index in [2.05, 4.69) is 4.98 Å². The lowest BCUT2D eigenvalue weighted by Crippen LogP contribution is -2.37. The summed E-state index contributed by atoms with van der Waals surface area (Å²) in [5.74, 6) is -0.804. The maximum atomic E-state index is 12.5. The third-order valence-electron chi connectivity index (χ3n) is 3.44. The second kappa shape index (κ2) is 5.33. The van der Waals surface area contributed by atoms with Crippen LogP contribution in [0.1, 0.15) is 23.2 Å². The van der Waals surface area contributed by atoms with Gasteiger partial charge >= 0.3 is 5.97 Å². The molecule has 1 saturated carbocycles. The maximum Gasteiger partial charge on any atom is 0.323 e. The average Bonchev–Trinajstić information content (AvgIpc) is 3.15. The van der Waals surface area contributed by atoms with Crippen molar-refractivity contribution in [1.82, 2.24) is 9.88 Å². The zero-order valence-electron chi connectivity index (χ0n) is 11.3. The number of thiazole rings is 1. The van der Waals surface area contributed by atoms with Crippen molar-refractivity contribution in [2.75, 3.05) is 18.8 Å². The monoisotopic (exact) mass is 305 g/mol. The molecule has 1 aliphatic carbocycles. The minimum atomic E-state index is -0.993. The summed E-state index contributed by atoms with van der Waals surface area (Å²) < 4.78 is 0.833. The summed E-state index contributed by atoms with van der Waals surface area (Å²) >= 11 is 1.32. The molecule has 6 nitrogen and oxygen atoms in total. The Morgan fingerprint density at radius 2 is 2.19 bits per heavy atom. The average molecular weight is 305 g/mol. The number of aliphatic carboxylic acids is 1. The molecule has 110 valence electrons. The largest absolute Gasteiger partial charge is 0.480 e. The number of nitrogens with two attached hydrogens (primary N) is 1. The summed E-state index contributed by atoms with van der Waals surface area (Å²) in [4.78, 5) is 29.0. The van der Waals surface area contributed by atoms with Crippen LogP contribution in [0, 0.1) is 5.92 Å². The van der Waals surface area contributed by atoms with Gasteiger partial charge in [-0.2, -0.15) is 0 Å². The Bertz CT molecular complexity index is 709. The van der Waals surface area contributed by atoms with Crippen LogP contribution in [-0.2, 0) is 4.79 Å². The normalized spacial score (nSPS) is 14.3. The van der Waals surface area contributed by atoms with Crippen LogP contribution in [0.4, 0.5) is 5.13 Å². The van der Waals surface area contributed by atoms with Crippen LogP contribution in [0.5, 0.6) is 0 Å². The van der Waals surface area contributed by atoms with Crippen LogP contribution in [0.3, 0.4) is 0 Å². The highest BCUT2D eigenvalue weighted by molar-refractivity contribution is 7.22. The van der Waals surface area contributed by atoms with Crippen molar-refractivity contribution < 1.29 is 14.7 Å². The number of nitrogens with zero attached hydrogens (tertiary/aromatic N) is 2. The van der Waals surface area contributed by atoms with Gasteiger partial charge < -0.3 is 15.7 Å². The minimum Gasteiger partial charge on any atom is -0.480 e. The molecule has 2 aromatic rings. The number of carbonyl (C=O) groups excluding carboxylic acids is 1. The molecule has 0 aliphatic heterocycles. The zero-order valence-corrected chi connectivity index (χ0v) is 12.1. The van der Waals surface area contributed by atoms with Gasteiger partial charge in [0.2, 0.25) is 0 Å². The van der Waals surface area contributed by atoms with Crippen LogP contribution >= 0.6 is 11.3 Å². The third-order valence-corrected chi connectivity index (χ3v) is 4.29. The minimum absolute atomic E-state index is 0.252. The lowest BCUT2D eigenvalue weighted by molar-refractivity contribution is -0.137. The van der Waals surface area contributed by atoms with Gasteiger partial charge in [0.25, 0.3) is 5.91 Å². The molecule has 21 heavy (non-hydrogen) atoms. The Morgan fingerprint density at radius 1 is 1.43 bits per heavy atom. The Kier molecular flexibility index (Phi) is 3.50. The SMILES string of the molecule is Nc1nc2ccc(C(=O)N(CC(=O)O)CC3CC3)cc2s1. The van der Waals surface area contributed by atoms with Gasteiger partial charge in [0.05, 0.1) is 10.2 Å². The van der Waals surface area contributed by atoms with Gasteiger partial charge in [-0.05, 0) is 37.0 Å². The fraction of sp³-hybridized carbons (Fsp3) is 0.357. The van der Waals surface area contributed by atoms with Crippen molar-refractivity contribution in [3.63, 3.8) is 0 Å². The van der Waals surface area contributed by atoms with E-state index in [0.29, 0.717) is 23.2 Å². The lowest BCUT2D eigenvalue weighted by Gasteiger charge is -2.20. The fourth-order valence-corrected chi connectivity index (χ4v) is 3.03. The number of amides is 1. The summed E-state index contributed by atoms with van der Waals surface area (Å²) in [5, 5.41) is 9.42. The number of anilines is 1. The second-order valence-corrected chi connectivity index (χ2v) is 6.32. The highest BCUT2D eigenvalue weighted by atomic mass is 32.1. The molecule has 0 radical (unpaired) electrons. The molecule has 1 amide bonds. The number of fused-ring (bicyclic) bond motifs is 1. The van der Waals surface area contributed by atoms with Crippen LogP contribution in [-0.4, -0.2) is 40.0 Å². The summed E-state index contributed by atoms with van der Waals surface area (Å²) in [6, 6.07) is 5.14. The summed E-state index contributed by atoms with van der Waals surface area (Å²) in [6.07, 6.45) is 2.13. The van der Waals surface area contributed by atoms with Crippen molar-refractivity contribution in [1.29, 1.82) is 0 Å². The van der Waals surface area contributed by atoms with Crippen LogP contribution in [0.2, 0.25) is 0 Å². The van der Waals surface area contributed by atoms with Crippen molar-refractivity contribution in [2.24, 2.45) is 5.92 Å². The fourth-order valence-electron chi connectivity index (χ4n) is 2.25. The highest BCUT2D eigenvalue weighted by Gasteiger charge is 2.28. The number of hydrogen-bond donors (Lipinski definition) is 2. The Hall–Kier alpha value is -2.15. The standard InChI is InChI=1S/C14H15N3O3S/c15-14-16-10-4-3-9(5-11(10)21-14)13(20)17(7-12(18)19)6-8-1-2-8/h3-5,8H,1-2,6-7H2,(H2,15,16)(H,18,19). The molecular formula is C14H15N3O3S. The molecule has 1 aromatic carbocycles. The molecule has 1 heterocycles. The first-order valence-corrected chi connectivity index (χ1v) is 7.51. The lowest BCUT2D eigenvalue weighted by atomic mass is 10.2. The number of hydrogen-bond acceptors (Lipinski definition) is 5. The number of carboxylic acids is 1.